The Morgan fingerprint density at radius 3 is 2.41 bits per heavy atom. The molecule has 3 heterocycles. The molecule has 3 aliphatic heterocycles. The zero-order valence-electron chi connectivity index (χ0n) is 38.3. The molecule has 348 valence electrons. The van der Waals surface area contributed by atoms with Crippen LogP contribution in [-0.2, 0) is 57.1 Å². The van der Waals surface area contributed by atoms with Crippen molar-refractivity contribution in [1.82, 2.24) is 0 Å². The molecule has 1 aliphatic carbocycles. The van der Waals surface area contributed by atoms with Crippen LogP contribution in [0.1, 0.15) is 145 Å². The van der Waals surface area contributed by atoms with Gasteiger partial charge in [-0.3, -0.25) is 14.4 Å². The molecule has 4 fully saturated rings. The second-order valence-corrected chi connectivity index (χ2v) is 18.8. The van der Waals surface area contributed by atoms with E-state index in [0.29, 0.717) is 37.3 Å². The molecule has 0 radical (unpaired) electrons. The largest absolute Gasteiger partial charge is 0.466 e. The zero-order valence-corrected chi connectivity index (χ0v) is 38.3. The molecule has 0 aromatic rings. The van der Waals surface area contributed by atoms with Gasteiger partial charge in [0.15, 0.2) is 11.9 Å². The Bertz CT molecular complexity index is 1490. The number of rotatable bonds is 20. The predicted molar refractivity (Wildman–Crippen MR) is 226 cm³/mol. The molecule has 12 atom stereocenters. The van der Waals surface area contributed by atoms with E-state index in [-0.39, 0.29) is 49.6 Å². The average Bonchev–Trinajstić information content (AvgIpc) is 3.18. The van der Waals surface area contributed by atoms with Gasteiger partial charge in [-0.25, -0.2) is 4.79 Å². The quantitative estimate of drug-likeness (QED) is 0.0426. The van der Waals surface area contributed by atoms with Gasteiger partial charge in [0.05, 0.1) is 56.8 Å². The number of unbranched alkanes of at least 4 members (excludes halogenated alkanes) is 1. The van der Waals surface area contributed by atoms with E-state index in [1.807, 2.05) is 6.92 Å². The number of aldehydes is 1. The number of aliphatic hydroxyl groups is 2. The first-order chi connectivity index (χ1) is 28.8. The molecule has 0 aromatic carbocycles. The number of carbonyl (C=O) groups excluding carboxylic acids is 4. The van der Waals surface area contributed by atoms with Gasteiger partial charge in [0.25, 0.3) is 0 Å². The summed E-state index contributed by atoms with van der Waals surface area (Å²) in [5.74, 6) is -3.57. The van der Waals surface area contributed by atoms with Crippen molar-refractivity contribution < 1.29 is 67.3 Å². The molecule has 61 heavy (non-hydrogen) atoms. The Balaban J connectivity index is 1.44. The zero-order chi connectivity index (χ0) is 45.0. The van der Waals surface area contributed by atoms with Gasteiger partial charge >= 0.3 is 17.9 Å². The summed E-state index contributed by atoms with van der Waals surface area (Å²) in [4.78, 5) is 49.8. The van der Waals surface area contributed by atoms with Gasteiger partial charge in [0.1, 0.15) is 12.4 Å². The number of hydrogen-bond donors (Lipinski definition) is 2. The minimum absolute atomic E-state index is 0.00128. The molecule has 3 saturated heterocycles. The summed E-state index contributed by atoms with van der Waals surface area (Å²) in [6.45, 7) is 16.1. The normalized spacial score (nSPS) is 33.3. The van der Waals surface area contributed by atoms with E-state index >= 15 is 0 Å². The molecule has 0 aromatic heterocycles. The van der Waals surface area contributed by atoms with Crippen molar-refractivity contribution >= 4 is 24.2 Å². The second kappa shape index (κ2) is 23.3. The number of aliphatic hydroxyl groups excluding tert-OH is 1. The van der Waals surface area contributed by atoms with Crippen LogP contribution in [0.25, 0.3) is 0 Å². The van der Waals surface area contributed by atoms with Gasteiger partial charge in [-0.05, 0) is 81.8 Å². The Hall–Kier alpha value is -2.72. The van der Waals surface area contributed by atoms with Gasteiger partial charge in [-0.1, -0.05) is 60.5 Å². The number of carbonyl (C=O) groups is 4. The van der Waals surface area contributed by atoms with Crippen molar-refractivity contribution in [3.8, 4) is 0 Å². The van der Waals surface area contributed by atoms with Crippen molar-refractivity contribution in [3.63, 3.8) is 0 Å². The van der Waals surface area contributed by atoms with Crippen LogP contribution < -0.4 is 0 Å². The van der Waals surface area contributed by atoms with Crippen LogP contribution in [-0.4, -0.2) is 115 Å². The summed E-state index contributed by atoms with van der Waals surface area (Å²) in [6, 6.07) is 0. The lowest BCUT2D eigenvalue weighted by atomic mass is 9.72. The molecule has 14 heteroatoms. The van der Waals surface area contributed by atoms with E-state index in [2.05, 4.69) is 20.8 Å². The number of hydrogen-bond acceptors (Lipinski definition) is 14. The molecular weight excluding hydrogens is 789 g/mol. The third kappa shape index (κ3) is 14.1. The van der Waals surface area contributed by atoms with Crippen LogP contribution in [0, 0.1) is 23.2 Å². The fourth-order valence-corrected chi connectivity index (χ4v) is 9.67. The van der Waals surface area contributed by atoms with Gasteiger partial charge < -0.3 is 48.1 Å². The smallest absolute Gasteiger partial charge is 0.330 e. The molecule has 4 rings (SSSR count). The second-order valence-electron chi connectivity index (χ2n) is 18.8. The molecule has 0 amide bonds. The lowest BCUT2D eigenvalue weighted by molar-refractivity contribution is -0.342. The van der Waals surface area contributed by atoms with E-state index in [4.69, 9.17) is 37.9 Å². The van der Waals surface area contributed by atoms with Crippen LogP contribution in [0.4, 0.5) is 0 Å². The summed E-state index contributed by atoms with van der Waals surface area (Å²) in [7, 11) is 1.20. The number of esters is 3. The molecule has 2 N–H and O–H groups in total. The van der Waals surface area contributed by atoms with Gasteiger partial charge in [0, 0.05) is 50.2 Å². The van der Waals surface area contributed by atoms with Crippen molar-refractivity contribution in [2.24, 2.45) is 23.2 Å². The SMILES string of the molecule is CCCCOC(C)[C@@H](C[C@@H]1C/C(=C\C(=O)OC)[C@H](OC(C)=O)[C@](O)(C(C)(C)/C=C/C=O)O1)OC(=O)C[C@H](O)C[C@@H]1CCC[C@H](C[C@@H]2CCO[C@@]3(C[C@H](C)CC[C@H]3C(C)C)O2)O1. The summed E-state index contributed by atoms with van der Waals surface area (Å²) >= 11 is 0. The monoisotopic (exact) mass is 865 g/mol. The van der Waals surface area contributed by atoms with E-state index in [9.17, 15) is 29.4 Å². The first-order valence-corrected chi connectivity index (χ1v) is 22.8. The summed E-state index contributed by atoms with van der Waals surface area (Å²) in [5, 5.41) is 23.5. The van der Waals surface area contributed by atoms with Crippen molar-refractivity contribution in [1.29, 1.82) is 0 Å². The first kappa shape index (κ1) is 50.9. The molecule has 1 saturated carbocycles. The molecule has 1 unspecified atom stereocenters. The minimum Gasteiger partial charge on any atom is -0.466 e. The maximum absolute atomic E-state index is 13.6. The molecule has 0 bridgehead atoms. The molecular formula is C47H76O14. The highest BCUT2D eigenvalue weighted by molar-refractivity contribution is 5.83. The summed E-state index contributed by atoms with van der Waals surface area (Å²) < 4.78 is 48.8. The number of ether oxygens (including phenoxy) is 8. The average molecular weight is 865 g/mol. The number of allylic oxidation sites excluding steroid dienone is 1. The fourth-order valence-electron chi connectivity index (χ4n) is 9.67. The van der Waals surface area contributed by atoms with Crippen molar-refractivity contribution in [2.75, 3.05) is 20.3 Å². The highest BCUT2D eigenvalue weighted by Crippen LogP contribution is 2.48. The van der Waals surface area contributed by atoms with Crippen molar-refractivity contribution in [2.45, 2.75) is 206 Å². The highest BCUT2D eigenvalue weighted by Gasteiger charge is 2.57. The van der Waals surface area contributed by atoms with Gasteiger partial charge in [0.2, 0.25) is 5.79 Å². The van der Waals surface area contributed by atoms with Gasteiger partial charge in [-0.2, -0.15) is 0 Å². The topological polar surface area (TPSA) is 183 Å². The maximum Gasteiger partial charge on any atom is 0.330 e. The lowest BCUT2D eigenvalue weighted by Gasteiger charge is -2.51. The fraction of sp³-hybridized carbons (Fsp3) is 0.830. The van der Waals surface area contributed by atoms with Crippen LogP contribution in [0.3, 0.4) is 0 Å². The first-order valence-electron chi connectivity index (χ1n) is 22.8. The van der Waals surface area contributed by atoms with E-state index in [0.717, 1.165) is 63.9 Å². The van der Waals surface area contributed by atoms with E-state index in [1.54, 1.807) is 20.8 Å². The predicted octanol–water partition coefficient (Wildman–Crippen LogP) is 6.85. The Morgan fingerprint density at radius 1 is 1.00 bits per heavy atom. The minimum atomic E-state index is -2.28. The summed E-state index contributed by atoms with van der Waals surface area (Å²) in [6.07, 6.45) is 8.31. The van der Waals surface area contributed by atoms with Crippen LogP contribution in [0.5, 0.6) is 0 Å². The van der Waals surface area contributed by atoms with Gasteiger partial charge in [-0.15, -0.1) is 0 Å². The Morgan fingerprint density at radius 2 is 1.74 bits per heavy atom. The van der Waals surface area contributed by atoms with Crippen LogP contribution in [0.2, 0.25) is 0 Å². The third-order valence-corrected chi connectivity index (χ3v) is 13.0. The number of methoxy groups -OCH3 is 1. The molecule has 1 spiro atoms. The van der Waals surface area contributed by atoms with Crippen molar-refractivity contribution in [3.05, 3.63) is 23.8 Å². The lowest BCUT2D eigenvalue weighted by Crippen LogP contribution is -2.62. The maximum atomic E-state index is 13.6. The Kier molecular flexibility index (Phi) is 19.4. The Labute approximate surface area is 363 Å². The highest BCUT2D eigenvalue weighted by atomic mass is 16.7. The molecule has 14 nitrogen and oxygen atoms in total. The molecule has 4 aliphatic rings. The van der Waals surface area contributed by atoms with E-state index < -0.39 is 65.4 Å². The van der Waals surface area contributed by atoms with Crippen LogP contribution in [0.15, 0.2) is 23.8 Å². The third-order valence-electron chi connectivity index (χ3n) is 13.0. The van der Waals surface area contributed by atoms with Crippen LogP contribution >= 0.6 is 0 Å². The summed E-state index contributed by atoms with van der Waals surface area (Å²) in [5.41, 5.74) is -1.13. The van der Waals surface area contributed by atoms with E-state index in [1.165, 1.54) is 32.6 Å². The standard InChI is InChI=1S/C47H76O14/c1-10-11-21-55-32(5)41(28-39-23-34(24-42(51)54-9)44(57-33(6)49)47(53,61-39)45(7,8)19-13-20-48)59-43(52)26-35(50)25-36-14-12-15-37(58-36)27-38-18-22-56-46(60-38)29-31(4)16-17-40(46)30(2)3/h13,19-20,24,30-32,35-41,44,50,53H,10-12,14-18,21-23,25-29H2,1-9H3/b19-13+,34-24+/t31-,32?,35-,36+,37-,38+,39+,40+,41-,44+,46+,47-/m1/s1.